The summed E-state index contributed by atoms with van der Waals surface area (Å²) in [5.41, 5.74) is 1.78. The zero-order chi connectivity index (χ0) is 31.0. The SMILES string of the molecule is C=CN(c1ccc(S(=O)Oc2c(F)c(F)c(F)c(F)c2F)cc1/C=C\C)c1ccc(Br)cc1OB(CCC)CCCC. The number of unbranched alkanes of at least 4 members (excludes halogenated alkanes) is 1. The summed E-state index contributed by atoms with van der Waals surface area (Å²) in [7, 11) is 0. The predicted octanol–water partition coefficient (Wildman–Crippen LogP) is 10.1. The van der Waals surface area contributed by atoms with E-state index in [0.29, 0.717) is 22.7 Å². The second-order valence-electron chi connectivity index (χ2n) is 9.27. The Labute approximate surface area is 254 Å². The van der Waals surface area contributed by atoms with Gasteiger partial charge in [0.1, 0.15) is 5.75 Å². The van der Waals surface area contributed by atoms with Gasteiger partial charge >= 0.3 is 6.92 Å². The van der Waals surface area contributed by atoms with Crippen LogP contribution in [0, 0.1) is 29.1 Å². The molecule has 0 bridgehead atoms. The van der Waals surface area contributed by atoms with E-state index in [1.807, 2.05) is 18.2 Å². The van der Waals surface area contributed by atoms with Crippen molar-refractivity contribution in [1.82, 2.24) is 0 Å². The number of nitrogens with zero attached hydrogens (tertiary/aromatic N) is 1. The smallest absolute Gasteiger partial charge is 0.357 e. The van der Waals surface area contributed by atoms with Crippen molar-refractivity contribution in [3.63, 3.8) is 0 Å². The van der Waals surface area contributed by atoms with Crippen molar-refractivity contribution in [3.05, 3.63) is 94.4 Å². The predicted molar refractivity (Wildman–Crippen MR) is 162 cm³/mol. The Morgan fingerprint density at radius 3 is 2.17 bits per heavy atom. The van der Waals surface area contributed by atoms with Crippen molar-refractivity contribution in [1.29, 1.82) is 0 Å². The minimum atomic E-state index is -2.63. The summed E-state index contributed by atoms with van der Waals surface area (Å²) in [5.74, 6) is -12.2. The summed E-state index contributed by atoms with van der Waals surface area (Å²) in [6.07, 6.45) is 9.81. The molecule has 3 rings (SSSR count). The molecule has 224 valence electrons. The van der Waals surface area contributed by atoms with Crippen LogP contribution < -0.4 is 13.7 Å². The molecule has 0 aliphatic heterocycles. The van der Waals surface area contributed by atoms with Gasteiger partial charge in [-0.25, -0.2) is 17.4 Å². The van der Waals surface area contributed by atoms with E-state index in [1.54, 1.807) is 36.2 Å². The van der Waals surface area contributed by atoms with Crippen LogP contribution in [0.5, 0.6) is 11.5 Å². The van der Waals surface area contributed by atoms with Crippen molar-refractivity contribution in [2.75, 3.05) is 4.90 Å². The summed E-state index contributed by atoms with van der Waals surface area (Å²) in [6, 6.07) is 9.96. The second kappa shape index (κ2) is 15.4. The van der Waals surface area contributed by atoms with Crippen LogP contribution in [0.4, 0.5) is 33.3 Å². The Kier molecular flexibility index (Phi) is 12.2. The molecule has 1 atom stereocenters. The monoisotopic (exact) mass is 669 g/mol. The van der Waals surface area contributed by atoms with Crippen LogP contribution in [0.15, 0.2) is 64.6 Å². The molecule has 3 aromatic rings. The van der Waals surface area contributed by atoms with Gasteiger partial charge in [0, 0.05) is 10.7 Å². The molecular formula is C30H30BBrF5NO3S. The zero-order valence-electron chi connectivity index (χ0n) is 23.4. The minimum Gasteiger partial charge on any atom is -0.559 e. The van der Waals surface area contributed by atoms with Gasteiger partial charge in [-0.3, -0.25) is 0 Å². The standard InChI is InChI=1S/C30H30BBrF5NO3S/c1-5-9-16-31(15-7-3)40-24-18-20(32)11-13-23(24)38(8-4)22-14-12-21(17-19(22)10-6-2)42(39)41-30-28(36)26(34)25(33)27(35)29(30)37/h6,8,10-14,17-18H,4-5,7,9,15-16H2,1-3H3/b10-6-. The third-order valence-corrected chi connectivity index (χ3v) is 7.72. The van der Waals surface area contributed by atoms with Gasteiger partial charge in [0.25, 0.3) is 0 Å². The molecular weight excluding hydrogens is 640 g/mol. The van der Waals surface area contributed by atoms with E-state index < -0.39 is 45.9 Å². The van der Waals surface area contributed by atoms with Gasteiger partial charge in [0.05, 0.1) is 16.3 Å². The summed E-state index contributed by atoms with van der Waals surface area (Å²) < 4.78 is 93.9. The minimum absolute atomic E-state index is 0.00791. The topological polar surface area (TPSA) is 38.8 Å². The Balaban J connectivity index is 2.03. The molecule has 0 aliphatic carbocycles. The Morgan fingerprint density at radius 2 is 1.57 bits per heavy atom. The first kappa shape index (κ1) is 33.4. The quantitative estimate of drug-likeness (QED) is 0.0741. The Hall–Kier alpha value is -3.12. The maximum absolute atomic E-state index is 14.1. The molecule has 0 saturated carbocycles. The zero-order valence-corrected chi connectivity index (χ0v) is 25.8. The Bertz CT molecular complexity index is 1460. The number of allylic oxidation sites excluding steroid dienone is 1. The van der Waals surface area contributed by atoms with Crippen molar-refractivity contribution >= 4 is 51.4 Å². The van der Waals surface area contributed by atoms with E-state index in [9.17, 15) is 26.2 Å². The number of hydrogen-bond acceptors (Lipinski definition) is 4. The van der Waals surface area contributed by atoms with Crippen molar-refractivity contribution in [2.45, 2.75) is 57.6 Å². The fraction of sp³-hybridized carbons (Fsp3) is 0.267. The van der Waals surface area contributed by atoms with Gasteiger partial charge in [-0.15, -0.1) is 0 Å². The van der Waals surface area contributed by atoms with Gasteiger partial charge in [0.15, 0.2) is 0 Å². The fourth-order valence-corrected chi connectivity index (χ4v) is 5.39. The van der Waals surface area contributed by atoms with E-state index in [-0.39, 0.29) is 11.8 Å². The first-order valence-corrected chi connectivity index (χ1v) is 15.2. The highest BCUT2D eigenvalue weighted by Gasteiger charge is 2.29. The van der Waals surface area contributed by atoms with Gasteiger partial charge in [0.2, 0.25) is 45.9 Å². The molecule has 12 heteroatoms. The average Bonchev–Trinajstić information content (AvgIpc) is 2.98. The van der Waals surface area contributed by atoms with E-state index in [2.05, 4.69) is 36.4 Å². The highest BCUT2D eigenvalue weighted by molar-refractivity contribution is 9.10. The van der Waals surface area contributed by atoms with E-state index >= 15 is 0 Å². The lowest BCUT2D eigenvalue weighted by Gasteiger charge is -2.27. The maximum Gasteiger partial charge on any atom is 0.357 e. The van der Waals surface area contributed by atoms with Crippen LogP contribution in [0.2, 0.25) is 12.6 Å². The molecule has 3 aromatic carbocycles. The summed E-state index contributed by atoms with van der Waals surface area (Å²) in [6.45, 7) is 9.96. The molecule has 0 heterocycles. The highest BCUT2D eigenvalue weighted by atomic mass is 79.9. The number of benzene rings is 3. The largest absolute Gasteiger partial charge is 0.559 e. The lowest BCUT2D eigenvalue weighted by atomic mass is 9.59. The third-order valence-electron chi connectivity index (χ3n) is 6.27. The van der Waals surface area contributed by atoms with Crippen LogP contribution >= 0.6 is 15.9 Å². The van der Waals surface area contributed by atoms with Crippen molar-refractivity contribution < 1.29 is 35.0 Å². The molecule has 0 spiro atoms. The van der Waals surface area contributed by atoms with Gasteiger partial charge in [-0.2, -0.15) is 8.78 Å². The van der Waals surface area contributed by atoms with Crippen molar-refractivity contribution in [2.24, 2.45) is 0 Å². The van der Waals surface area contributed by atoms with Crippen LogP contribution in [0.1, 0.15) is 45.6 Å². The van der Waals surface area contributed by atoms with Crippen molar-refractivity contribution in [3.8, 4) is 11.5 Å². The Morgan fingerprint density at radius 1 is 0.929 bits per heavy atom. The second-order valence-corrected chi connectivity index (χ2v) is 11.3. The maximum atomic E-state index is 14.1. The van der Waals surface area contributed by atoms with Crippen LogP contribution in [-0.4, -0.2) is 11.1 Å². The average molecular weight is 670 g/mol. The normalized spacial score (nSPS) is 11.9. The molecule has 0 amide bonds. The number of halogens is 6. The molecule has 42 heavy (non-hydrogen) atoms. The first-order chi connectivity index (χ1) is 20.1. The summed E-state index contributed by atoms with van der Waals surface area (Å²) in [5, 5.41) is 0. The molecule has 0 aromatic heterocycles. The lowest BCUT2D eigenvalue weighted by molar-refractivity contribution is 0.352. The van der Waals surface area contributed by atoms with E-state index in [4.69, 9.17) is 8.84 Å². The number of rotatable bonds is 14. The number of hydrogen-bond donors (Lipinski definition) is 0. The summed E-state index contributed by atoms with van der Waals surface area (Å²) in [4.78, 5) is 1.70. The van der Waals surface area contributed by atoms with Gasteiger partial charge < -0.3 is 13.7 Å². The van der Waals surface area contributed by atoms with Gasteiger partial charge in [-0.1, -0.05) is 67.8 Å². The molecule has 0 N–H and O–H groups in total. The molecule has 1 unspecified atom stereocenters. The highest BCUT2D eigenvalue weighted by Crippen LogP contribution is 2.40. The van der Waals surface area contributed by atoms with Crippen LogP contribution in [0.25, 0.3) is 6.08 Å². The number of anilines is 2. The van der Waals surface area contributed by atoms with E-state index in [1.165, 1.54) is 12.1 Å². The molecule has 4 nitrogen and oxygen atoms in total. The lowest BCUT2D eigenvalue weighted by Crippen LogP contribution is -2.22. The summed E-state index contributed by atoms with van der Waals surface area (Å²) >= 11 is 0.890. The fourth-order valence-electron chi connectivity index (χ4n) is 4.25. The molecule has 0 fully saturated rings. The van der Waals surface area contributed by atoms with Gasteiger partial charge in [-0.05, 0) is 61.5 Å². The molecule has 0 radical (unpaired) electrons. The van der Waals surface area contributed by atoms with E-state index in [0.717, 1.165) is 36.4 Å². The van der Waals surface area contributed by atoms with Crippen LogP contribution in [-0.2, 0) is 11.1 Å². The molecule has 0 saturated heterocycles. The first-order valence-electron chi connectivity index (χ1n) is 13.3. The molecule has 0 aliphatic rings. The third kappa shape index (κ3) is 7.63. The van der Waals surface area contributed by atoms with Crippen LogP contribution in [0.3, 0.4) is 0 Å².